The topological polar surface area (TPSA) is 74.7 Å². The Balaban J connectivity index is 1.61. The van der Waals surface area contributed by atoms with Gasteiger partial charge in [0.1, 0.15) is 0 Å². The lowest BCUT2D eigenvalue weighted by atomic mass is 10.0. The zero-order chi connectivity index (χ0) is 15.4. The van der Waals surface area contributed by atoms with Gasteiger partial charge in [-0.25, -0.2) is 0 Å². The Morgan fingerprint density at radius 2 is 2.05 bits per heavy atom. The van der Waals surface area contributed by atoms with E-state index >= 15 is 0 Å². The van der Waals surface area contributed by atoms with Crippen LogP contribution >= 0.6 is 0 Å². The van der Waals surface area contributed by atoms with Crippen LogP contribution < -0.4 is 5.32 Å². The molecular weight excluding hydrogens is 282 g/mol. The molecule has 120 valence electrons. The number of aliphatic hydroxyl groups excluding tert-OH is 1. The first-order valence-corrected chi connectivity index (χ1v) is 7.91. The molecule has 2 fully saturated rings. The van der Waals surface area contributed by atoms with Crippen molar-refractivity contribution < 1.29 is 14.6 Å². The largest absolute Gasteiger partial charge is 0.396 e. The molecule has 0 saturated carbocycles. The maximum Gasteiger partial charge on any atom is 0.251 e. The summed E-state index contributed by atoms with van der Waals surface area (Å²) in [7, 11) is 0. The molecule has 0 spiro atoms. The number of pyridine rings is 1. The molecule has 2 aliphatic rings. The van der Waals surface area contributed by atoms with Crippen molar-refractivity contribution in [3.8, 4) is 0 Å². The molecule has 1 amide bonds. The van der Waals surface area contributed by atoms with Crippen LogP contribution in [-0.2, 0) is 4.74 Å². The molecule has 0 bridgehead atoms. The summed E-state index contributed by atoms with van der Waals surface area (Å²) in [6.45, 7) is 3.34. The van der Waals surface area contributed by atoms with Crippen LogP contribution in [-0.4, -0.2) is 65.9 Å². The second-order valence-corrected chi connectivity index (χ2v) is 6.06. The Morgan fingerprint density at radius 1 is 1.32 bits per heavy atom. The van der Waals surface area contributed by atoms with Crippen molar-refractivity contribution in [3.63, 3.8) is 0 Å². The van der Waals surface area contributed by atoms with Gasteiger partial charge in [-0.3, -0.25) is 14.7 Å². The molecule has 3 rings (SSSR count). The number of likely N-dealkylation sites (tertiary alicyclic amines) is 1. The highest BCUT2D eigenvalue weighted by Crippen LogP contribution is 2.24. The van der Waals surface area contributed by atoms with Crippen molar-refractivity contribution >= 4 is 5.91 Å². The van der Waals surface area contributed by atoms with Gasteiger partial charge in [-0.05, 0) is 25.0 Å². The number of rotatable bonds is 4. The van der Waals surface area contributed by atoms with Crippen LogP contribution in [0, 0.1) is 5.92 Å². The zero-order valence-corrected chi connectivity index (χ0v) is 12.6. The molecule has 2 saturated heterocycles. The molecule has 2 atom stereocenters. The molecule has 0 radical (unpaired) electrons. The number of hydrogen-bond acceptors (Lipinski definition) is 5. The van der Waals surface area contributed by atoms with Gasteiger partial charge in [0.15, 0.2) is 0 Å². The van der Waals surface area contributed by atoms with Gasteiger partial charge in [-0.2, -0.15) is 0 Å². The molecule has 0 unspecified atom stereocenters. The third-order valence-corrected chi connectivity index (χ3v) is 4.67. The Kier molecular flexibility index (Phi) is 5.02. The molecule has 1 aromatic rings. The van der Waals surface area contributed by atoms with Crippen LogP contribution in [0.4, 0.5) is 0 Å². The highest BCUT2D eigenvalue weighted by atomic mass is 16.5. The highest BCUT2D eigenvalue weighted by molar-refractivity contribution is 5.94. The molecule has 3 heterocycles. The number of carbonyl (C=O) groups is 1. The van der Waals surface area contributed by atoms with Crippen LogP contribution in [0.5, 0.6) is 0 Å². The second kappa shape index (κ2) is 7.17. The monoisotopic (exact) mass is 305 g/mol. The number of nitrogens with zero attached hydrogens (tertiary/aromatic N) is 2. The van der Waals surface area contributed by atoms with Gasteiger partial charge >= 0.3 is 0 Å². The number of amides is 1. The van der Waals surface area contributed by atoms with Gasteiger partial charge in [0, 0.05) is 68.9 Å². The van der Waals surface area contributed by atoms with Crippen molar-refractivity contribution in [2.45, 2.75) is 24.9 Å². The number of ether oxygens (including phenoxy) is 1. The smallest absolute Gasteiger partial charge is 0.251 e. The van der Waals surface area contributed by atoms with Gasteiger partial charge < -0.3 is 15.2 Å². The van der Waals surface area contributed by atoms with Crippen LogP contribution in [0.25, 0.3) is 0 Å². The number of aliphatic hydroxyl groups is 1. The van der Waals surface area contributed by atoms with Gasteiger partial charge in [0.2, 0.25) is 0 Å². The summed E-state index contributed by atoms with van der Waals surface area (Å²) in [6.07, 6.45) is 5.29. The van der Waals surface area contributed by atoms with Gasteiger partial charge in [-0.1, -0.05) is 0 Å². The van der Waals surface area contributed by atoms with Crippen molar-refractivity contribution in [1.29, 1.82) is 0 Å². The Hall–Kier alpha value is -1.50. The van der Waals surface area contributed by atoms with E-state index in [0.717, 1.165) is 39.1 Å². The normalized spacial score (nSPS) is 27.0. The van der Waals surface area contributed by atoms with E-state index in [1.807, 2.05) is 0 Å². The molecule has 6 heteroatoms. The van der Waals surface area contributed by atoms with Crippen LogP contribution in [0.1, 0.15) is 23.2 Å². The third-order valence-electron chi connectivity index (χ3n) is 4.67. The Bertz CT molecular complexity index is 491. The molecule has 0 aromatic carbocycles. The van der Waals surface area contributed by atoms with Crippen molar-refractivity contribution in [2.24, 2.45) is 5.92 Å². The minimum absolute atomic E-state index is 0.00601. The molecule has 2 aliphatic heterocycles. The average molecular weight is 305 g/mol. The van der Waals surface area contributed by atoms with Crippen molar-refractivity contribution in [3.05, 3.63) is 30.1 Å². The average Bonchev–Trinajstić information content (AvgIpc) is 2.99. The highest BCUT2D eigenvalue weighted by Gasteiger charge is 2.37. The molecule has 1 aromatic heterocycles. The first kappa shape index (κ1) is 15.4. The molecule has 0 aliphatic carbocycles. The summed E-state index contributed by atoms with van der Waals surface area (Å²) in [4.78, 5) is 18.6. The molecule has 2 N–H and O–H groups in total. The first-order valence-electron chi connectivity index (χ1n) is 7.91. The summed E-state index contributed by atoms with van der Waals surface area (Å²) in [5.41, 5.74) is 0.608. The SMILES string of the molecule is O=C(N[C@@H]1CN(C2CCOCC2)C[C@H]1CO)c1ccncc1. The van der Waals surface area contributed by atoms with Crippen LogP contribution in [0.2, 0.25) is 0 Å². The van der Waals surface area contributed by atoms with E-state index in [-0.39, 0.29) is 24.5 Å². The summed E-state index contributed by atoms with van der Waals surface area (Å²) in [6, 6.07) is 3.90. The summed E-state index contributed by atoms with van der Waals surface area (Å²) < 4.78 is 5.41. The summed E-state index contributed by atoms with van der Waals surface area (Å²) in [5.74, 6) is -0.00619. The maximum absolute atomic E-state index is 12.3. The van der Waals surface area contributed by atoms with Crippen LogP contribution in [0.15, 0.2) is 24.5 Å². The Morgan fingerprint density at radius 3 is 2.73 bits per heavy atom. The van der Waals surface area contributed by atoms with Gasteiger partial charge in [0.05, 0.1) is 0 Å². The lowest BCUT2D eigenvalue weighted by Crippen LogP contribution is -2.43. The second-order valence-electron chi connectivity index (χ2n) is 6.06. The fourth-order valence-electron chi connectivity index (χ4n) is 3.36. The molecule has 22 heavy (non-hydrogen) atoms. The zero-order valence-electron chi connectivity index (χ0n) is 12.6. The van der Waals surface area contributed by atoms with Crippen molar-refractivity contribution in [2.75, 3.05) is 32.9 Å². The van der Waals surface area contributed by atoms with E-state index in [1.165, 1.54) is 0 Å². The standard InChI is InChI=1S/C16H23N3O3/c20-11-13-9-19(14-3-7-22-8-4-14)10-15(13)18-16(21)12-1-5-17-6-2-12/h1-2,5-6,13-15,20H,3-4,7-11H2,(H,18,21)/t13-,15+/m0/s1. The predicted molar refractivity (Wildman–Crippen MR) is 81.5 cm³/mol. The maximum atomic E-state index is 12.3. The quantitative estimate of drug-likeness (QED) is 0.836. The van der Waals surface area contributed by atoms with E-state index in [0.29, 0.717) is 11.6 Å². The molecular formula is C16H23N3O3. The fraction of sp³-hybridized carbons (Fsp3) is 0.625. The Labute approximate surface area is 130 Å². The third kappa shape index (κ3) is 3.45. The number of aromatic nitrogens is 1. The summed E-state index contributed by atoms with van der Waals surface area (Å²) in [5, 5.41) is 12.7. The predicted octanol–water partition coefficient (Wildman–Crippen LogP) is 0.283. The number of nitrogens with one attached hydrogen (secondary N) is 1. The van der Waals surface area contributed by atoms with E-state index < -0.39 is 0 Å². The van der Waals surface area contributed by atoms with Crippen LogP contribution in [0.3, 0.4) is 0 Å². The van der Waals surface area contributed by atoms with Gasteiger partial charge in [-0.15, -0.1) is 0 Å². The fourth-order valence-corrected chi connectivity index (χ4v) is 3.36. The van der Waals surface area contributed by atoms with E-state index in [4.69, 9.17) is 4.74 Å². The lowest BCUT2D eigenvalue weighted by Gasteiger charge is -2.31. The van der Waals surface area contributed by atoms with Crippen molar-refractivity contribution in [1.82, 2.24) is 15.2 Å². The van der Waals surface area contributed by atoms with Gasteiger partial charge in [0.25, 0.3) is 5.91 Å². The number of hydrogen-bond donors (Lipinski definition) is 2. The molecule has 6 nitrogen and oxygen atoms in total. The van der Waals surface area contributed by atoms with E-state index in [9.17, 15) is 9.90 Å². The number of carbonyl (C=O) groups excluding carboxylic acids is 1. The first-order chi connectivity index (χ1) is 10.8. The lowest BCUT2D eigenvalue weighted by molar-refractivity contribution is 0.0399. The van der Waals surface area contributed by atoms with E-state index in [2.05, 4.69) is 15.2 Å². The minimum Gasteiger partial charge on any atom is -0.396 e. The van der Waals surface area contributed by atoms with E-state index in [1.54, 1.807) is 24.5 Å². The minimum atomic E-state index is -0.0975. The summed E-state index contributed by atoms with van der Waals surface area (Å²) >= 11 is 0.